The molecule has 2 N–H and O–H groups in total. The van der Waals surface area contributed by atoms with E-state index in [1.807, 2.05) is 18.2 Å². The van der Waals surface area contributed by atoms with Crippen molar-refractivity contribution in [2.75, 3.05) is 32.8 Å². The van der Waals surface area contributed by atoms with Crippen LogP contribution >= 0.6 is 0 Å². The van der Waals surface area contributed by atoms with E-state index in [1.165, 1.54) is 19.3 Å². The van der Waals surface area contributed by atoms with Crippen LogP contribution in [0.3, 0.4) is 0 Å². The molecule has 174 valence electrons. The number of likely N-dealkylation sites (tertiary alicyclic amines) is 1. The summed E-state index contributed by atoms with van der Waals surface area (Å²) < 4.78 is 11.3. The van der Waals surface area contributed by atoms with Crippen LogP contribution in [0.4, 0.5) is 0 Å². The number of hydrogen-bond acceptors (Lipinski definition) is 5. The summed E-state index contributed by atoms with van der Waals surface area (Å²) in [4.78, 5) is 15.0. The summed E-state index contributed by atoms with van der Waals surface area (Å²) in [6.45, 7) is 10.4. The van der Waals surface area contributed by atoms with E-state index in [2.05, 4.69) is 31.0 Å². The molecule has 2 atom stereocenters. The van der Waals surface area contributed by atoms with Crippen molar-refractivity contribution in [2.45, 2.75) is 77.9 Å². The molecular formula is C25H40N2O4. The first kappa shape index (κ1) is 23.9. The number of rotatable bonds is 11. The second kappa shape index (κ2) is 11.2. The molecule has 1 aromatic rings. The Bertz CT molecular complexity index is 721. The van der Waals surface area contributed by atoms with Gasteiger partial charge in [-0.3, -0.25) is 4.79 Å². The molecule has 31 heavy (non-hydrogen) atoms. The summed E-state index contributed by atoms with van der Waals surface area (Å²) in [6.07, 6.45) is 6.41. The van der Waals surface area contributed by atoms with Crippen LogP contribution in [0, 0.1) is 5.41 Å². The van der Waals surface area contributed by atoms with Crippen molar-refractivity contribution in [3.63, 3.8) is 0 Å². The minimum atomic E-state index is -0.802. The molecule has 0 spiro atoms. The standard InChI is InChI=1S/C25H40N2O4/c1-4-5-6-7-8-9-23(28)26-20(17-27-13-12-25(2,3)18-27)24(29)19-10-11-21-22(16-19)31-15-14-30-21/h10-11,16,20,24,29H,4-9,12-15,17-18H2,1-3H3,(H,26,28)/t20-,24-/m1/s1. The fourth-order valence-corrected chi connectivity index (χ4v) is 4.53. The number of aliphatic hydroxyl groups excluding tert-OH is 1. The number of nitrogens with zero attached hydrogens (tertiary/aromatic N) is 1. The fourth-order valence-electron chi connectivity index (χ4n) is 4.53. The lowest BCUT2D eigenvalue weighted by Crippen LogP contribution is -2.47. The Balaban J connectivity index is 1.65. The van der Waals surface area contributed by atoms with Crippen molar-refractivity contribution in [3.05, 3.63) is 23.8 Å². The van der Waals surface area contributed by atoms with Crippen LogP contribution in [0.5, 0.6) is 11.5 Å². The summed E-state index contributed by atoms with van der Waals surface area (Å²) in [7, 11) is 0. The second-order valence-corrected chi connectivity index (χ2v) is 9.84. The molecule has 1 saturated heterocycles. The highest BCUT2D eigenvalue weighted by molar-refractivity contribution is 5.76. The van der Waals surface area contributed by atoms with Crippen LogP contribution in [-0.2, 0) is 4.79 Å². The van der Waals surface area contributed by atoms with Crippen molar-refractivity contribution >= 4 is 5.91 Å². The van der Waals surface area contributed by atoms with E-state index in [4.69, 9.17) is 9.47 Å². The van der Waals surface area contributed by atoms with E-state index in [1.54, 1.807) is 0 Å². The van der Waals surface area contributed by atoms with Gasteiger partial charge in [0, 0.05) is 19.5 Å². The Morgan fingerprint density at radius 1 is 1.16 bits per heavy atom. The zero-order valence-corrected chi connectivity index (χ0v) is 19.5. The monoisotopic (exact) mass is 432 g/mol. The van der Waals surface area contributed by atoms with Gasteiger partial charge < -0.3 is 24.8 Å². The number of fused-ring (bicyclic) bond motifs is 1. The first-order valence-corrected chi connectivity index (χ1v) is 12.0. The van der Waals surface area contributed by atoms with E-state index >= 15 is 0 Å². The van der Waals surface area contributed by atoms with Crippen LogP contribution in [0.25, 0.3) is 0 Å². The van der Waals surface area contributed by atoms with E-state index in [-0.39, 0.29) is 17.4 Å². The van der Waals surface area contributed by atoms with Crippen molar-refractivity contribution in [3.8, 4) is 11.5 Å². The summed E-state index contributed by atoms with van der Waals surface area (Å²) in [5, 5.41) is 14.4. The number of benzene rings is 1. The zero-order valence-electron chi connectivity index (χ0n) is 19.5. The number of carbonyl (C=O) groups excluding carboxylic acids is 1. The molecule has 0 saturated carbocycles. The maximum absolute atomic E-state index is 12.7. The molecule has 1 amide bonds. The van der Waals surface area contributed by atoms with Gasteiger partial charge in [-0.25, -0.2) is 0 Å². The van der Waals surface area contributed by atoms with Crippen LogP contribution < -0.4 is 14.8 Å². The Labute approximate surface area is 187 Å². The maximum atomic E-state index is 12.7. The Morgan fingerprint density at radius 3 is 2.61 bits per heavy atom. The summed E-state index contributed by atoms with van der Waals surface area (Å²) in [5.74, 6) is 1.39. The van der Waals surface area contributed by atoms with E-state index in [9.17, 15) is 9.90 Å². The van der Waals surface area contributed by atoms with Gasteiger partial charge in [0.1, 0.15) is 19.3 Å². The number of nitrogens with one attached hydrogen (secondary N) is 1. The zero-order chi connectivity index (χ0) is 22.3. The van der Waals surface area contributed by atoms with Gasteiger partial charge in [-0.1, -0.05) is 52.5 Å². The number of unbranched alkanes of at least 4 members (excludes halogenated alkanes) is 4. The van der Waals surface area contributed by atoms with Crippen molar-refractivity contribution in [2.24, 2.45) is 5.41 Å². The van der Waals surface area contributed by atoms with Gasteiger partial charge in [0.15, 0.2) is 11.5 Å². The van der Waals surface area contributed by atoms with E-state index < -0.39 is 6.10 Å². The highest BCUT2D eigenvalue weighted by Gasteiger charge is 2.33. The van der Waals surface area contributed by atoms with Crippen LogP contribution in [0.2, 0.25) is 0 Å². The average Bonchev–Trinajstić information content (AvgIpc) is 3.10. The van der Waals surface area contributed by atoms with Crippen molar-refractivity contribution < 1.29 is 19.4 Å². The first-order valence-electron chi connectivity index (χ1n) is 12.0. The van der Waals surface area contributed by atoms with Gasteiger partial charge in [-0.2, -0.15) is 0 Å². The second-order valence-electron chi connectivity index (χ2n) is 9.84. The SMILES string of the molecule is CCCCCCCC(=O)N[C@H](CN1CCC(C)(C)C1)[C@H](O)c1ccc2c(c1)OCCO2. The molecule has 6 nitrogen and oxygen atoms in total. The molecule has 0 aliphatic carbocycles. The molecule has 3 rings (SSSR count). The van der Waals surface area contributed by atoms with Gasteiger partial charge in [0.2, 0.25) is 5.91 Å². The van der Waals surface area contributed by atoms with Gasteiger partial charge >= 0.3 is 0 Å². The molecule has 6 heteroatoms. The average molecular weight is 433 g/mol. The van der Waals surface area contributed by atoms with Crippen LogP contribution in [-0.4, -0.2) is 54.8 Å². The number of hydrogen-bond donors (Lipinski definition) is 2. The smallest absolute Gasteiger partial charge is 0.220 e. The van der Waals surface area contributed by atoms with Crippen LogP contribution in [0.15, 0.2) is 18.2 Å². The van der Waals surface area contributed by atoms with Gasteiger partial charge in [-0.05, 0) is 42.5 Å². The minimum absolute atomic E-state index is 0.0246. The lowest BCUT2D eigenvalue weighted by atomic mass is 9.93. The maximum Gasteiger partial charge on any atom is 0.220 e. The van der Waals surface area contributed by atoms with Crippen molar-refractivity contribution in [1.82, 2.24) is 10.2 Å². The van der Waals surface area contributed by atoms with E-state index in [0.717, 1.165) is 37.9 Å². The fraction of sp³-hybridized carbons (Fsp3) is 0.720. The molecule has 0 unspecified atom stereocenters. The molecule has 0 bridgehead atoms. The van der Waals surface area contributed by atoms with Crippen LogP contribution in [0.1, 0.15) is 77.4 Å². The first-order chi connectivity index (χ1) is 14.9. The predicted molar refractivity (Wildman–Crippen MR) is 123 cm³/mol. The van der Waals surface area contributed by atoms with Gasteiger partial charge in [0.05, 0.1) is 6.04 Å². The lowest BCUT2D eigenvalue weighted by molar-refractivity contribution is -0.123. The molecular weight excluding hydrogens is 392 g/mol. The number of carbonyl (C=O) groups is 1. The molecule has 1 aromatic carbocycles. The lowest BCUT2D eigenvalue weighted by Gasteiger charge is -2.30. The minimum Gasteiger partial charge on any atom is -0.486 e. The molecule has 2 heterocycles. The van der Waals surface area contributed by atoms with Gasteiger partial charge in [-0.15, -0.1) is 0 Å². The molecule has 2 aliphatic rings. The Kier molecular flexibility index (Phi) is 8.61. The summed E-state index contributed by atoms with van der Waals surface area (Å²) >= 11 is 0. The third-order valence-corrected chi connectivity index (χ3v) is 6.35. The Hall–Kier alpha value is -1.79. The third kappa shape index (κ3) is 7.11. The topological polar surface area (TPSA) is 71.0 Å². The molecule has 0 radical (unpaired) electrons. The normalized spacial score (nSPS) is 19.7. The highest BCUT2D eigenvalue weighted by atomic mass is 16.6. The van der Waals surface area contributed by atoms with Gasteiger partial charge in [0.25, 0.3) is 0 Å². The quantitative estimate of drug-likeness (QED) is 0.516. The van der Waals surface area contributed by atoms with Crippen molar-refractivity contribution in [1.29, 1.82) is 0 Å². The number of ether oxygens (including phenoxy) is 2. The molecule has 1 fully saturated rings. The third-order valence-electron chi connectivity index (χ3n) is 6.35. The summed E-state index contributed by atoms with van der Waals surface area (Å²) in [5.41, 5.74) is 1.02. The number of aliphatic hydroxyl groups is 1. The highest BCUT2D eigenvalue weighted by Crippen LogP contribution is 2.34. The predicted octanol–water partition coefficient (Wildman–Crippen LogP) is 4.07. The van der Waals surface area contributed by atoms with E-state index in [0.29, 0.717) is 37.7 Å². The largest absolute Gasteiger partial charge is 0.486 e. The molecule has 2 aliphatic heterocycles. The number of amides is 1. The Morgan fingerprint density at radius 2 is 1.90 bits per heavy atom. The molecule has 0 aromatic heterocycles. The summed E-state index contributed by atoms with van der Waals surface area (Å²) in [6, 6.07) is 5.20.